The van der Waals surface area contributed by atoms with Crippen molar-refractivity contribution in [2.45, 2.75) is 31.6 Å². The second kappa shape index (κ2) is 10.1. The summed E-state index contributed by atoms with van der Waals surface area (Å²) in [6.45, 7) is 2.07. The molecule has 32 heavy (non-hydrogen) atoms. The Morgan fingerprint density at radius 3 is 2.38 bits per heavy atom. The van der Waals surface area contributed by atoms with Crippen LogP contribution in [-0.2, 0) is 17.5 Å². The van der Waals surface area contributed by atoms with Gasteiger partial charge in [-0.3, -0.25) is 14.5 Å². The van der Waals surface area contributed by atoms with Crippen LogP contribution in [0.5, 0.6) is 0 Å². The van der Waals surface area contributed by atoms with Gasteiger partial charge in [-0.05, 0) is 67.7 Å². The third-order valence-electron chi connectivity index (χ3n) is 5.77. The highest BCUT2D eigenvalue weighted by Gasteiger charge is 2.31. The van der Waals surface area contributed by atoms with Gasteiger partial charge in [0.05, 0.1) is 18.2 Å². The highest BCUT2D eigenvalue weighted by Crippen LogP contribution is 2.29. The van der Waals surface area contributed by atoms with E-state index in [2.05, 4.69) is 10.2 Å². The lowest BCUT2D eigenvalue weighted by Crippen LogP contribution is -2.47. The Morgan fingerprint density at radius 2 is 1.75 bits per heavy atom. The van der Waals surface area contributed by atoms with Gasteiger partial charge in [-0.15, -0.1) is 0 Å². The standard InChI is InChI=1S/C23H27F3N4O2/c24-23(25,26)18-3-1-2-17(12-18)22(32)29-13-20(31)21(28)16-8-10-30(11-9-16)14-15-4-6-19(27)7-5-15/h1-7,12,16,21H,8-11,13-14,27-28H2,(H,29,32). The van der Waals surface area contributed by atoms with Gasteiger partial charge in [-0.25, -0.2) is 0 Å². The molecule has 0 aromatic heterocycles. The maximum Gasteiger partial charge on any atom is 0.416 e. The van der Waals surface area contributed by atoms with Crippen LogP contribution in [0.4, 0.5) is 18.9 Å². The summed E-state index contributed by atoms with van der Waals surface area (Å²) in [5.74, 6) is -1.08. The van der Waals surface area contributed by atoms with Crippen LogP contribution < -0.4 is 16.8 Å². The lowest BCUT2D eigenvalue weighted by atomic mass is 9.87. The van der Waals surface area contributed by atoms with Crippen molar-refractivity contribution in [3.05, 3.63) is 65.2 Å². The molecule has 2 aromatic carbocycles. The fourth-order valence-electron chi connectivity index (χ4n) is 3.84. The smallest absolute Gasteiger partial charge is 0.399 e. The summed E-state index contributed by atoms with van der Waals surface area (Å²) in [4.78, 5) is 26.9. The summed E-state index contributed by atoms with van der Waals surface area (Å²) in [7, 11) is 0. The molecule has 0 spiro atoms. The quantitative estimate of drug-likeness (QED) is 0.566. The van der Waals surface area contributed by atoms with Gasteiger partial charge in [0.2, 0.25) is 0 Å². The summed E-state index contributed by atoms with van der Waals surface area (Å²) in [5.41, 5.74) is 12.6. The molecule has 1 fully saturated rings. The molecule has 0 bridgehead atoms. The van der Waals surface area contributed by atoms with E-state index >= 15 is 0 Å². The van der Waals surface area contributed by atoms with E-state index in [4.69, 9.17) is 11.5 Å². The van der Waals surface area contributed by atoms with Gasteiger partial charge in [0.1, 0.15) is 0 Å². The second-order valence-electron chi connectivity index (χ2n) is 8.11. The SMILES string of the molecule is Nc1ccc(CN2CCC(C(N)C(=O)CNC(=O)c3cccc(C(F)(F)F)c3)CC2)cc1. The van der Waals surface area contributed by atoms with Crippen LogP contribution in [0.1, 0.15) is 34.3 Å². The van der Waals surface area contributed by atoms with Crippen molar-refractivity contribution in [1.29, 1.82) is 0 Å². The Bertz CT molecular complexity index is 939. The van der Waals surface area contributed by atoms with E-state index in [1.165, 1.54) is 6.07 Å². The van der Waals surface area contributed by atoms with Crippen LogP contribution in [-0.4, -0.2) is 42.3 Å². The van der Waals surface area contributed by atoms with Gasteiger partial charge in [0, 0.05) is 17.8 Å². The molecule has 1 heterocycles. The van der Waals surface area contributed by atoms with Gasteiger partial charge < -0.3 is 16.8 Å². The van der Waals surface area contributed by atoms with Gasteiger partial charge in [0.15, 0.2) is 5.78 Å². The monoisotopic (exact) mass is 448 g/mol. The number of Topliss-reactive ketones (excluding diaryl/α,β-unsaturated/α-hetero) is 1. The first-order valence-corrected chi connectivity index (χ1v) is 10.4. The number of piperidine rings is 1. The minimum absolute atomic E-state index is 0.00405. The molecule has 1 atom stereocenters. The number of halogens is 3. The summed E-state index contributed by atoms with van der Waals surface area (Å²) in [6, 6.07) is 11.1. The van der Waals surface area contributed by atoms with Crippen molar-refractivity contribution in [3.8, 4) is 0 Å². The summed E-state index contributed by atoms with van der Waals surface area (Å²) < 4.78 is 38.4. The lowest BCUT2D eigenvalue weighted by Gasteiger charge is -2.34. The van der Waals surface area contributed by atoms with Crippen LogP contribution in [0.2, 0.25) is 0 Å². The largest absolute Gasteiger partial charge is 0.416 e. The number of carbonyl (C=O) groups is 2. The van der Waals surface area contributed by atoms with Gasteiger partial charge >= 0.3 is 6.18 Å². The lowest BCUT2D eigenvalue weighted by molar-refractivity contribution is -0.137. The number of benzene rings is 2. The zero-order valence-corrected chi connectivity index (χ0v) is 17.6. The van der Waals surface area contributed by atoms with E-state index in [9.17, 15) is 22.8 Å². The molecule has 1 aliphatic rings. The zero-order chi connectivity index (χ0) is 23.3. The number of nitrogens with two attached hydrogens (primary N) is 2. The number of amides is 1. The molecule has 6 nitrogen and oxygen atoms in total. The average molecular weight is 448 g/mol. The molecule has 0 saturated carbocycles. The maximum absolute atomic E-state index is 12.8. The molecule has 1 aliphatic heterocycles. The fraction of sp³-hybridized carbons (Fsp3) is 0.391. The Kier molecular flexibility index (Phi) is 7.52. The maximum atomic E-state index is 12.8. The first-order chi connectivity index (χ1) is 15.1. The van der Waals surface area contributed by atoms with Crippen molar-refractivity contribution in [2.24, 2.45) is 11.7 Å². The van der Waals surface area contributed by atoms with E-state index in [-0.39, 0.29) is 23.8 Å². The van der Waals surface area contributed by atoms with Crippen LogP contribution in [0.15, 0.2) is 48.5 Å². The number of carbonyl (C=O) groups excluding carboxylic acids is 2. The molecule has 5 N–H and O–H groups in total. The number of nitrogens with one attached hydrogen (secondary N) is 1. The van der Waals surface area contributed by atoms with E-state index in [1.54, 1.807) is 0 Å². The van der Waals surface area contributed by atoms with Crippen LogP contribution in [0.3, 0.4) is 0 Å². The Morgan fingerprint density at radius 1 is 1.09 bits per heavy atom. The molecule has 1 saturated heterocycles. The molecule has 2 aromatic rings. The number of rotatable bonds is 7. The minimum Gasteiger partial charge on any atom is -0.399 e. The van der Waals surface area contributed by atoms with E-state index in [1.807, 2.05) is 24.3 Å². The number of ketones is 1. The Balaban J connectivity index is 1.46. The molecule has 3 rings (SSSR count). The van der Waals surface area contributed by atoms with Crippen molar-refractivity contribution < 1.29 is 22.8 Å². The summed E-state index contributed by atoms with van der Waals surface area (Å²) >= 11 is 0. The molecule has 1 unspecified atom stereocenters. The van der Waals surface area contributed by atoms with Crippen LogP contribution in [0.25, 0.3) is 0 Å². The van der Waals surface area contributed by atoms with Crippen molar-refractivity contribution in [2.75, 3.05) is 25.4 Å². The normalized spacial score (nSPS) is 16.5. The first-order valence-electron chi connectivity index (χ1n) is 10.4. The number of nitrogen functional groups attached to an aromatic ring is 1. The van der Waals surface area contributed by atoms with E-state index in [0.29, 0.717) is 0 Å². The summed E-state index contributed by atoms with van der Waals surface area (Å²) in [6.07, 6.45) is -3.04. The highest BCUT2D eigenvalue weighted by atomic mass is 19.4. The van der Waals surface area contributed by atoms with Crippen LogP contribution in [0, 0.1) is 5.92 Å². The second-order valence-corrected chi connectivity index (χ2v) is 8.11. The van der Waals surface area contributed by atoms with Crippen LogP contribution >= 0.6 is 0 Å². The molecule has 1 amide bonds. The first kappa shape index (κ1) is 23.7. The number of hydrogen-bond acceptors (Lipinski definition) is 5. The Labute approximate surface area is 184 Å². The molecular weight excluding hydrogens is 421 g/mol. The van der Waals surface area contributed by atoms with Crippen molar-refractivity contribution in [1.82, 2.24) is 10.2 Å². The molecule has 172 valence electrons. The number of hydrogen-bond donors (Lipinski definition) is 3. The zero-order valence-electron chi connectivity index (χ0n) is 17.6. The van der Waals surface area contributed by atoms with Gasteiger partial charge in [-0.1, -0.05) is 18.2 Å². The number of nitrogens with zero attached hydrogens (tertiary/aromatic N) is 1. The predicted molar refractivity (Wildman–Crippen MR) is 116 cm³/mol. The molecular formula is C23H27F3N4O2. The van der Waals surface area contributed by atoms with Crippen molar-refractivity contribution >= 4 is 17.4 Å². The molecule has 0 aliphatic carbocycles. The fourth-order valence-corrected chi connectivity index (χ4v) is 3.84. The minimum atomic E-state index is -4.54. The number of likely N-dealkylation sites (tertiary alicyclic amines) is 1. The topological polar surface area (TPSA) is 101 Å². The van der Waals surface area contributed by atoms with E-state index in [0.717, 1.165) is 61.9 Å². The average Bonchev–Trinajstić information content (AvgIpc) is 2.78. The summed E-state index contributed by atoms with van der Waals surface area (Å²) in [5, 5.41) is 2.39. The number of alkyl halides is 3. The Hall–Kier alpha value is -2.91. The van der Waals surface area contributed by atoms with E-state index < -0.39 is 23.7 Å². The van der Waals surface area contributed by atoms with Gasteiger partial charge in [-0.2, -0.15) is 13.2 Å². The molecule has 0 radical (unpaired) electrons. The highest BCUT2D eigenvalue weighted by molar-refractivity contribution is 5.97. The molecule has 9 heteroatoms. The van der Waals surface area contributed by atoms with Crippen molar-refractivity contribution in [3.63, 3.8) is 0 Å². The third kappa shape index (κ3) is 6.30. The van der Waals surface area contributed by atoms with Gasteiger partial charge in [0.25, 0.3) is 5.91 Å². The third-order valence-corrected chi connectivity index (χ3v) is 5.77. The number of anilines is 1. The predicted octanol–water partition coefficient (Wildman–Crippen LogP) is 2.83.